The number of carbonyl (C=O) groups excluding carboxylic acids is 1. The molecule has 0 radical (unpaired) electrons. The molecule has 8 nitrogen and oxygen atoms in total. The number of anilines is 3. The fourth-order valence-corrected chi connectivity index (χ4v) is 4.76. The lowest BCUT2D eigenvalue weighted by molar-refractivity contribution is -0.119. The van der Waals surface area contributed by atoms with Gasteiger partial charge in [0.1, 0.15) is 5.82 Å². The van der Waals surface area contributed by atoms with Crippen molar-refractivity contribution in [2.45, 2.75) is 26.7 Å². The van der Waals surface area contributed by atoms with Gasteiger partial charge in [-0.15, -0.1) is 0 Å². The summed E-state index contributed by atoms with van der Waals surface area (Å²) in [6.45, 7) is 11.3. The molecule has 0 aromatic carbocycles. The number of rotatable bonds is 3. The molecule has 0 bridgehead atoms. The predicted octanol–water partition coefficient (Wildman–Crippen LogP) is 2.30. The van der Waals surface area contributed by atoms with E-state index in [-0.39, 0.29) is 23.2 Å². The summed E-state index contributed by atoms with van der Waals surface area (Å²) in [5, 5.41) is 9.64. The van der Waals surface area contributed by atoms with Crippen molar-refractivity contribution in [3.63, 3.8) is 0 Å². The Bertz CT molecular complexity index is 1020. The largest absolute Gasteiger partial charge is 0.368 e. The molecule has 162 valence electrons. The highest BCUT2D eigenvalue weighted by molar-refractivity contribution is 6.02. The van der Waals surface area contributed by atoms with E-state index in [0.717, 1.165) is 48.7 Å². The summed E-state index contributed by atoms with van der Waals surface area (Å²) in [6, 6.07) is 4.04. The van der Waals surface area contributed by atoms with E-state index in [9.17, 15) is 4.79 Å². The van der Waals surface area contributed by atoms with E-state index in [2.05, 4.69) is 57.7 Å². The summed E-state index contributed by atoms with van der Waals surface area (Å²) in [4.78, 5) is 28.7. The van der Waals surface area contributed by atoms with Gasteiger partial charge in [-0.1, -0.05) is 20.8 Å². The highest BCUT2D eigenvalue weighted by Gasteiger charge is 2.45. The first-order valence-electron chi connectivity index (χ1n) is 11.0. The maximum atomic E-state index is 12.5. The molecule has 2 aliphatic heterocycles. The van der Waals surface area contributed by atoms with Crippen molar-refractivity contribution in [1.29, 1.82) is 0 Å². The van der Waals surface area contributed by atoms with Gasteiger partial charge in [-0.25, -0.2) is 15.0 Å². The van der Waals surface area contributed by atoms with E-state index < -0.39 is 0 Å². The number of carbonyl (C=O) groups is 1. The van der Waals surface area contributed by atoms with Crippen molar-refractivity contribution in [3.05, 3.63) is 41.4 Å². The Hall–Kier alpha value is -3.00. The lowest BCUT2D eigenvalue weighted by Gasteiger charge is -2.39. The molecule has 3 N–H and O–H groups in total. The van der Waals surface area contributed by atoms with Crippen LogP contribution in [0, 0.1) is 11.3 Å². The second kappa shape index (κ2) is 7.60. The number of fused-ring (bicyclic) bond motifs is 3. The highest BCUT2D eigenvalue weighted by atomic mass is 16.1. The van der Waals surface area contributed by atoms with E-state index in [1.807, 2.05) is 18.3 Å². The quantitative estimate of drug-likeness (QED) is 0.703. The van der Waals surface area contributed by atoms with Crippen molar-refractivity contribution >= 4 is 29.4 Å². The summed E-state index contributed by atoms with van der Waals surface area (Å²) in [5.41, 5.74) is 3.82. The van der Waals surface area contributed by atoms with Crippen LogP contribution >= 0.6 is 0 Å². The fraction of sp³-hybridized carbons (Fsp3) is 0.478. The normalized spacial score (nSPS) is 23.0. The van der Waals surface area contributed by atoms with Gasteiger partial charge in [-0.2, -0.15) is 0 Å². The molecular formula is C23H29N7O. The zero-order valence-corrected chi connectivity index (χ0v) is 18.3. The van der Waals surface area contributed by atoms with Gasteiger partial charge in [0.05, 0.1) is 17.6 Å². The number of nitrogens with one attached hydrogen (secondary N) is 3. The van der Waals surface area contributed by atoms with Gasteiger partial charge in [0.2, 0.25) is 11.9 Å². The van der Waals surface area contributed by atoms with Gasteiger partial charge >= 0.3 is 0 Å². The minimum absolute atomic E-state index is 0.00294. The van der Waals surface area contributed by atoms with E-state index in [1.165, 1.54) is 0 Å². The SMILES string of the molecule is CC(C)(C)[C@H]1CNC(=O)C2=Cc3cnc(Nc4ccc(N5CCNCC5)cn4)nc3C21. The number of hydrogen-bond acceptors (Lipinski definition) is 7. The molecule has 1 aliphatic carbocycles. The second-order valence-electron chi connectivity index (χ2n) is 9.56. The molecular weight excluding hydrogens is 390 g/mol. The van der Waals surface area contributed by atoms with Gasteiger partial charge in [0.15, 0.2) is 0 Å². The van der Waals surface area contributed by atoms with E-state index in [0.29, 0.717) is 18.3 Å². The summed E-state index contributed by atoms with van der Waals surface area (Å²) >= 11 is 0. The first-order valence-corrected chi connectivity index (χ1v) is 11.0. The van der Waals surface area contributed by atoms with Crippen LogP contribution in [0.3, 0.4) is 0 Å². The molecule has 0 spiro atoms. The third-order valence-corrected chi connectivity index (χ3v) is 6.52. The molecule has 2 aromatic heterocycles. The zero-order valence-electron chi connectivity index (χ0n) is 18.3. The highest BCUT2D eigenvalue weighted by Crippen LogP contribution is 2.48. The molecule has 2 atom stereocenters. The molecule has 1 unspecified atom stereocenters. The van der Waals surface area contributed by atoms with Crippen LogP contribution in [0.4, 0.5) is 17.5 Å². The number of piperazine rings is 1. The number of amides is 1. The number of nitrogens with zero attached hydrogens (tertiary/aromatic N) is 4. The van der Waals surface area contributed by atoms with Crippen LogP contribution in [-0.2, 0) is 4.79 Å². The maximum Gasteiger partial charge on any atom is 0.247 e. The van der Waals surface area contributed by atoms with E-state index >= 15 is 0 Å². The van der Waals surface area contributed by atoms with Gasteiger partial charge in [0, 0.05) is 56.0 Å². The molecule has 31 heavy (non-hydrogen) atoms. The molecule has 3 aliphatic rings. The molecule has 4 heterocycles. The van der Waals surface area contributed by atoms with Gasteiger partial charge in [0.25, 0.3) is 0 Å². The smallest absolute Gasteiger partial charge is 0.247 e. The summed E-state index contributed by atoms with van der Waals surface area (Å²) in [7, 11) is 0. The topological polar surface area (TPSA) is 95.1 Å². The number of piperidine rings is 1. The van der Waals surface area contributed by atoms with Crippen LogP contribution in [0.5, 0.6) is 0 Å². The Morgan fingerprint density at radius 2 is 1.94 bits per heavy atom. The Morgan fingerprint density at radius 1 is 1.13 bits per heavy atom. The third kappa shape index (κ3) is 3.76. The summed E-state index contributed by atoms with van der Waals surface area (Å²) in [6.07, 6.45) is 5.64. The monoisotopic (exact) mass is 419 g/mol. The Balaban J connectivity index is 1.38. The molecule has 1 amide bonds. The molecule has 0 saturated carbocycles. The van der Waals surface area contributed by atoms with Gasteiger partial charge in [-0.3, -0.25) is 4.79 Å². The number of pyridine rings is 1. The van der Waals surface area contributed by atoms with Crippen LogP contribution < -0.4 is 20.9 Å². The van der Waals surface area contributed by atoms with Crippen molar-refractivity contribution in [1.82, 2.24) is 25.6 Å². The van der Waals surface area contributed by atoms with Crippen molar-refractivity contribution in [2.75, 3.05) is 42.9 Å². The standard InChI is InChI=1S/C23H29N7O/c1-23(2,3)17-13-26-21(31)16-10-14-11-27-22(29-20(14)19(16)17)28-18-5-4-15(12-25-18)30-8-6-24-7-9-30/h4-5,10-12,17,19,24H,6-9,13H2,1-3H3,(H,26,31)(H,25,27,28,29)/t17-,19?/m0/s1. The first-order chi connectivity index (χ1) is 14.9. The van der Waals surface area contributed by atoms with E-state index in [4.69, 9.17) is 4.98 Å². The average molecular weight is 420 g/mol. The Kier molecular flexibility index (Phi) is 4.89. The van der Waals surface area contributed by atoms with Crippen LogP contribution in [0.1, 0.15) is 37.9 Å². The molecule has 2 aromatic rings. The van der Waals surface area contributed by atoms with Crippen molar-refractivity contribution < 1.29 is 4.79 Å². The molecule has 5 rings (SSSR count). The zero-order chi connectivity index (χ0) is 21.6. The van der Waals surface area contributed by atoms with Gasteiger partial charge < -0.3 is 20.9 Å². The number of hydrogen-bond donors (Lipinski definition) is 3. The molecule has 2 saturated heterocycles. The van der Waals surface area contributed by atoms with Crippen LogP contribution in [0.25, 0.3) is 6.08 Å². The maximum absolute atomic E-state index is 12.5. The van der Waals surface area contributed by atoms with Gasteiger partial charge in [-0.05, 0) is 29.5 Å². The predicted molar refractivity (Wildman–Crippen MR) is 121 cm³/mol. The van der Waals surface area contributed by atoms with Crippen LogP contribution in [-0.4, -0.2) is 53.6 Å². The lowest BCUT2D eigenvalue weighted by atomic mass is 9.69. The van der Waals surface area contributed by atoms with Crippen molar-refractivity contribution in [3.8, 4) is 0 Å². The van der Waals surface area contributed by atoms with Crippen LogP contribution in [0.2, 0.25) is 0 Å². The fourth-order valence-electron chi connectivity index (χ4n) is 4.76. The minimum Gasteiger partial charge on any atom is -0.368 e. The number of aromatic nitrogens is 3. The summed E-state index contributed by atoms with van der Waals surface area (Å²) in [5.74, 6) is 1.49. The van der Waals surface area contributed by atoms with Crippen molar-refractivity contribution in [2.24, 2.45) is 11.3 Å². The Labute approximate surface area is 182 Å². The Morgan fingerprint density at radius 3 is 2.65 bits per heavy atom. The average Bonchev–Trinajstić information content (AvgIpc) is 3.14. The molecule has 8 heteroatoms. The lowest BCUT2D eigenvalue weighted by Crippen LogP contribution is -2.45. The van der Waals surface area contributed by atoms with Crippen LogP contribution in [0.15, 0.2) is 30.1 Å². The third-order valence-electron chi connectivity index (χ3n) is 6.52. The summed E-state index contributed by atoms with van der Waals surface area (Å²) < 4.78 is 0. The second-order valence-corrected chi connectivity index (χ2v) is 9.56. The first kappa shape index (κ1) is 19.9. The minimum atomic E-state index is -0.00431. The van der Waals surface area contributed by atoms with E-state index in [1.54, 1.807) is 6.20 Å². The molecule has 2 fully saturated rings.